The second kappa shape index (κ2) is 4.24. The highest BCUT2D eigenvalue weighted by atomic mass is 16.5. The van der Waals surface area contributed by atoms with Gasteiger partial charge in [-0.3, -0.25) is 0 Å². The smallest absolute Gasteiger partial charge is 0.119 e. The molecule has 1 saturated heterocycles. The molecule has 1 saturated carbocycles. The molecule has 1 heterocycles. The predicted octanol–water partition coefficient (Wildman–Crippen LogP) is 3.04. The topological polar surface area (TPSA) is 21.3 Å². The number of nitrogens with one attached hydrogen (secondary N) is 1. The van der Waals surface area contributed by atoms with Gasteiger partial charge in [0, 0.05) is 11.5 Å². The molecule has 2 nitrogen and oxygen atoms in total. The van der Waals surface area contributed by atoms with Crippen molar-refractivity contribution >= 4 is 0 Å². The summed E-state index contributed by atoms with van der Waals surface area (Å²) < 4.78 is 27.2. The first kappa shape index (κ1) is 9.02. The molecule has 2 heteroatoms. The third kappa shape index (κ3) is 1.59. The van der Waals surface area contributed by atoms with Gasteiger partial charge in [0.2, 0.25) is 0 Å². The Kier molecular flexibility index (Phi) is 2.01. The van der Waals surface area contributed by atoms with Gasteiger partial charge in [0.05, 0.1) is 11.2 Å². The molecule has 102 valence electrons. The van der Waals surface area contributed by atoms with Crippen LogP contribution in [0.25, 0.3) is 0 Å². The Balaban J connectivity index is 1.78. The summed E-state index contributed by atoms with van der Waals surface area (Å²) in [6.07, 6.45) is 7.37. The van der Waals surface area contributed by atoms with E-state index in [0.29, 0.717) is 17.7 Å². The lowest BCUT2D eigenvalue weighted by molar-refractivity contribution is 0.0795. The molecule has 3 unspecified atom stereocenters. The fraction of sp³-hybridized carbons (Fsp3) is 0.647. The number of hydrogen-bond acceptors (Lipinski definition) is 2. The summed E-state index contributed by atoms with van der Waals surface area (Å²) in [5, 5.41) is 3.72. The second-order valence-electron chi connectivity index (χ2n) is 6.44. The molecular formula is C17H23NO. The van der Waals surface area contributed by atoms with Crippen molar-refractivity contribution in [3.63, 3.8) is 0 Å². The fourth-order valence-electron chi connectivity index (χ4n) is 4.97. The number of hydrogen-bond donors (Lipinski definition) is 1. The molecular weight excluding hydrogens is 234 g/mol. The molecule has 4 rings (SSSR count). The van der Waals surface area contributed by atoms with Gasteiger partial charge < -0.3 is 10.1 Å². The first-order chi connectivity index (χ1) is 10.5. The summed E-state index contributed by atoms with van der Waals surface area (Å²) in [5.41, 5.74) is 3.00. The van der Waals surface area contributed by atoms with E-state index in [4.69, 9.17) is 8.85 Å². The minimum absolute atomic E-state index is 0.246. The largest absolute Gasteiger partial charge is 0.497 e. The van der Waals surface area contributed by atoms with Crippen LogP contribution in [0.3, 0.4) is 0 Å². The summed E-state index contributed by atoms with van der Waals surface area (Å²) in [6.45, 7) is 1.07. The van der Waals surface area contributed by atoms with Gasteiger partial charge in [0.1, 0.15) is 5.75 Å². The van der Waals surface area contributed by atoms with Gasteiger partial charge in [0.15, 0.2) is 0 Å². The van der Waals surface area contributed by atoms with Gasteiger partial charge in [-0.05, 0) is 61.4 Å². The van der Waals surface area contributed by atoms with Crippen LogP contribution in [0.15, 0.2) is 18.2 Å². The number of rotatable bonds is 1. The second-order valence-corrected chi connectivity index (χ2v) is 6.44. The molecule has 2 aliphatic carbocycles. The van der Waals surface area contributed by atoms with Crippen molar-refractivity contribution in [1.82, 2.24) is 5.32 Å². The number of benzene rings is 1. The van der Waals surface area contributed by atoms with Gasteiger partial charge in [-0.25, -0.2) is 0 Å². The lowest BCUT2D eigenvalue weighted by Crippen LogP contribution is -2.59. The summed E-state index contributed by atoms with van der Waals surface area (Å²) in [7, 11) is -2.37. The minimum atomic E-state index is -2.37. The number of fused-ring (bicyclic) bond motifs is 1. The number of ether oxygens (including phenoxy) is 1. The first-order valence-electron chi connectivity index (χ1n) is 9.04. The Hall–Kier alpha value is -1.02. The predicted molar refractivity (Wildman–Crippen MR) is 76.7 cm³/mol. The molecule has 0 radical (unpaired) electrons. The number of methoxy groups -OCH3 is 1. The van der Waals surface area contributed by atoms with Crippen molar-refractivity contribution < 1.29 is 8.85 Å². The van der Waals surface area contributed by atoms with Crippen molar-refractivity contribution in [2.24, 2.45) is 5.92 Å². The quantitative estimate of drug-likeness (QED) is 0.838. The summed E-state index contributed by atoms with van der Waals surface area (Å²) in [4.78, 5) is 0. The van der Waals surface area contributed by atoms with Gasteiger partial charge in [-0.2, -0.15) is 0 Å². The van der Waals surface area contributed by atoms with Crippen molar-refractivity contribution in [2.45, 2.75) is 50.0 Å². The van der Waals surface area contributed by atoms with E-state index in [-0.39, 0.29) is 5.41 Å². The van der Waals surface area contributed by atoms with E-state index in [1.165, 1.54) is 43.2 Å². The fourth-order valence-corrected chi connectivity index (χ4v) is 4.97. The highest BCUT2D eigenvalue weighted by Crippen LogP contribution is 2.54. The molecule has 0 amide bonds. The minimum Gasteiger partial charge on any atom is -0.497 e. The molecule has 19 heavy (non-hydrogen) atoms. The molecule has 1 aromatic rings. The number of piperidine rings is 1. The highest BCUT2D eigenvalue weighted by molar-refractivity contribution is 5.45. The van der Waals surface area contributed by atoms with Crippen LogP contribution in [-0.2, 0) is 11.8 Å². The van der Waals surface area contributed by atoms with Gasteiger partial charge in [-0.1, -0.05) is 18.9 Å². The molecule has 1 N–H and O–H groups in total. The zero-order chi connectivity index (χ0) is 15.4. The van der Waals surface area contributed by atoms with Crippen molar-refractivity contribution in [1.29, 1.82) is 0 Å². The van der Waals surface area contributed by atoms with Crippen molar-refractivity contribution in [3.8, 4) is 5.75 Å². The maximum Gasteiger partial charge on any atom is 0.119 e. The van der Waals surface area contributed by atoms with E-state index in [1.807, 2.05) is 12.1 Å². The normalized spacial score (nSPS) is 39.3. The Morgan fingerprint density at radius 1 is 1.37 bits per heavy atom. The maximum absolute atomic E-state index is 7.33. The molecule has 2 fully saturated rings. The van der Waals surface area contributed by atoms with Crippen LogP contribution < -0.4 is 10.1 Å². The first-order valence-corrected chi connectivity index (χ1v) is 7.54. The molecule has 1 aromatic carbocycles. The highest BCUT2D eigenvalue weighted by Gasteiger charge is 2.51. The summed E-state index contributed by atoms with van der Waals surface area (Å²) in [5.74, 6) is 1.19. The summed E-state index contributed by atoms with van der Waals surface area (Å²) in [6, 6.07) is 6.53. The molecule has 2 bridgehead atoms. The Bertz CT molecular complexity index is 582. The van der Waals surface area contributed by atoms with E-state index in [9.17, 15) is 0 Å². The van der Waals surface area contributed by atoms with E-state index < -0.39 is 7.04 Å². The van der Waals surface area contributed by atoms with Crippen molar-refractivity contribution in [2.75, 3.05) is 13.6 Å². The monoisotopic (exact) mass is 260 g/mol. The van der Waals surface area contributed by atoms with E-state index >= 15 is 0 Å². The Labute approximate surface area is 119 Å². The molecule has 3 atom stereocenters. The molecule has 0 aromatic heterocycles. The lowest BCUT2D eigenvalue weighted by atomic mass is 9.53. The van der Waals surface area contributed by atoms with E-state index in [2.05, 4.69) is 11.4 Å². The van der Waals surface area contributed by atoms with Crippen LogP contribution in [0.1, 0.15) is 47.3 Å². The SMILES string of the molecule is [2H]C([2H])([2H])Oc1ccc2c(c1)C13CCCCC1C(C2)NCC3. The zero-order valence-corrected chi connectivity index (χ0v) is 11.2. The van der Waals surface area contributed by atoms with Gasteiger partial charge >= 0.3 is 0 Å². The average Bonchev–Trinajstić information content (AvgIpc) is 2.46. The lowest BCUT2D eigenvalue weighted by Gasteiger charge is -2.56. The van der Waals surface area contributed by atoms with Crippen molar-refractivity contribution in [3.05, 3.63) is 29.3 Å². The third-order valence-electron chi connectivity index (χ3n) is 5.74. The van der Waals surface area contributed by atoms with E-state index in [1.54, 1.807) is 0 Å². The average molecular weight is 260 g/mol. The maximum atomic E-state index is 7.33. The zero-order valence-electron chi connectivity index (χ0n) is 14.2. The summed E-state index contributed by atoms with van der Waals surface area (Å²) >= 11 is 0. The van der Waals surface area contributed by atoms with Crippen LogP contribution in [-0.4, -0.2) is 19.6 Å². The van der Waals surface area contributed by atoms with E-state index in [0.717, 1.165) is 13.0 Å². The van der Waals surface area contributed by atoms with Gasteiger partial charge in [0.25, 0.3) is 0 Å². The molecule has 3 aliphatic rings. The standard InChI is InChI=1S/C17H23NO/c1-19-13-6-5-12-10-16-14-4-2-3-7-17(14,8-9-18-16)15(12)11-13/h5-6,11,14,16,18H,2-4,7-10H2,1H3/i1D3. The van der Waals surface area contributed by atoms with Crippen LogP contribution >= 0.6 is 0 Å². The third-order valence-corrected chi connectivity index (χ3v) is 5.74. The Morgan fingerprint density at radius 3 is 3.32 bits per heavy atom. The van der Waals surface area contributed by atoms with Crippen LogP contribution in [0.4, 0.5) is 0 Å². The van der Waals surface area contributed by atoms with Gasteiger partial charge in [-0.15, -0.1) is 0 Å². The molecule has 1 aliphatic heterocycles. The Morgan fingerprint density at radius 2 is 2.37 bits per heavy atom. The van der Waals surface area contributed by atoms with Crippen LogP contribution in [0.2, 0.25) is 0 Å². The van der Waals surface area contributed by atoms with Crippen LogP contribution in [0, 0.1) is 5.92 Å². The molecule has 0 spiro atoms. The van der Waals surface area contributed by atoms with Crippen LogP contribution in [0.5, 0.6) is 5.75 Å².